The molecule has 0 aliphatic heterocycles. The molecule has 0 bridgehead atoms. The lowest BCUT2D eigenvalue weighted by molar-refractivity contribution is 0.287. The van der Waals surface area contributed by atoms with Crippen molar-refractivity contribution in [1.29, 1.82) is 0 Å². The van der Waals surface area contributed by atoms with E-state index in [1.165, 1.54) is 11.1 Å². The minimum absolute atomic E-state index is 0.552. The summed E-state index contributed by atoms with van der Waals surface area (Å²) >= 11 is 5.41. The molecule has 0 radical (unpaired) electrons. The smallest absolute Gasteiger partial charge is 0.172 e. The maximum Gasteiger partial charge on any atom is 0.172 e. The Bertz CT molecular complexity index is 985. The zero-order valence-electron chi connectivity index (χ0n) is 18.4. The third-order valence-corrected chi connectivity index (χ3v) is 4.90. The standard InChI is InChI=1S/C24H30N4O2S/c1-4-29-21-11-10-19(16-22(21)30-5-2)12-14-25-24(31)26-23-13-15-28(27-23)17-20-8-6-18(3)7-9-20/h6-11,13,15-16H,4-5,12,14,17H2,1-3H3,(H2,25,26,27,31). The highest BCUT2D eigenvalue weighted by molar-refractivity contribution is 7.80. The SMILES string of the molecule is CCOc1ccc(CCNC(=S)Nc2ccn(Cc3ccc(C)cc3)n2)cc1OCC. The minimum atomic E-state index is 0.552. The van der Waals surface area contributed by atoms with Gasteiger partial charge < -0.3 is 20.1 Å². The van der Waals surface area contributed by atoms with Crippen LogP contribution in [0.3, 0.4) is 0 Å². The predicted molar refractivity (Wildman–Crippen MR) is 129 cm³/mol. The number of hydrogen-bond donors (Lipinski definition) is 2. The largest absolute Gasteiger partial charge is 0.490 e. The van der Waals surface area contributed by atoms with Crippen LogP contribution in [-0.4, -0.2) is 34.7 Å². The van der Waals surface area contributed by atoms with Crippen molar-refractivity contribution in [1.82, 2.24) is 15.1 Å². The van der Waals surface area contributed by atoms with E-state index in [-0.39, 0.29) is 0 Å². The molecule has 0 aliphatic carbocycles. The molecule has 0 fully saturated rings. The van der Waals surface area contributed by atoms with E-state index in [0.29, 0.717) is 24.9 Å². The zero-order chi connectivity index (χ0) is 22.1. The van der Waals surface area contributed by atoms with Crippen LogP contribution in [0.5, 0.6) is 11.5 Å². The summed E-state index contributed by atoms with van der Waals surface area (Å²) in [5.74, 6) is 2.28. The summed E-state index contributed by atoms with van der Waals surface area (Å²) in [7, 11) is 0. The third-order valence-electron chi connectivity index (χ3n) is 4.65. The van der Waals surface area contributed by atoms with Gasteiger partial charge in [-0.2, -0.15) is 5.10 Å². The van der Waals surface area contributed by atoms with Crippen LogP contribution in [-0.2, 0) is 13.0 Å². The number of aryl methyl sites for hydroxylation is 1. The van der Waals surface area contributed by atoms with Crippen molar-refractivity contribution in [3.05, 3.63) is 71.4 Å². The summed E-state index contributed by atoms with van der Waals surface area (Å²) in [6.07, 6.45) is 2.76. The monoisotopic (exact) mass is 438 g/mol. The minimum Gasteiger partial charge on any atom is -0.490 e. The number of anilines is 1. The van der Waals surface area contributed by atoms with Gasteiger partial charge >= 0.3 is 0 Å². The number of nitrogens with zero attached hydrogens (tertiary/aromatic N) is 2. The van der Waals surface area contributed by atoms with Crippen LogP contribution in [0, 0.1) is 6.92 Å². The first-order valence-electron chi connectivity index (χ1n) is 10.6. The number of hydrogen-bond acceptors (Lipinski definition) is 4. The van der Waals surface area contributed by atoms with E-state index in [9.17, 15) is 0 Å². The molecule has 0 saturated carbocycles. The van der Waals surface area contributed by atoms with Crippen molar-refractivity contribution in [2.75, 3.05) is 25.1 Å². The predicted octanol–water partition coefficient (Wildman–Crippen LogP) is 4.57. The maximum absolute atomic E-state index is 5.69. The Morgan fingerprint density at radius 3 is 2.42 bits per heavy atom. The second-order valence-corrected chi connectivity index (χ2v) is 7.57. The van der Waals surface area contributed by atoms with Gasteiger partial charge in [0, 0.05) is 18.8 Å². The summed E-state index contributed by atoms with van der Waals surface area (Å²) in [4.78, 5) is 0. The fourth-order valence-corrected chi connectivity index (χ4v) is 3.34. The van der Waals surface area contributed by atoms with Gasteiger partial charge in [-0.3, -0.25) is 4.68 Å². The normalized spacial score (nSPS) is 10.5. The Morgan fingerprint density at radius 2 is 1.68 bits per heavy atom. The molecule has 0 amide bonds. The Hall–Kier alpha value is -3.06. The molecule has 164 valence electrons. The molecule has 6 nitrogen and oxygen atoms in total. The topological polar surface area (TPSA) is 60.3 Å². The Morgan fingerprint density at radius 1 is 0.968 bits per heavy atom. The summed E-state index contributed by atoms with van der Waals surface area (Å²) in [5.41, 5.74) is 3.62. The molecule has 0 atom stereocenters. The van der Waals surface area contributed by atoms with Gasteiger partial charge in [-0.25, -0.2) is 0 Å². The Balaban J connectivity index is 1.47. The molecule has 3 rings (SSSR count). The first kappa shape index (κ1) is 22.6. The van der Waals surface area contributed by atoms with Crippen LogP contribution in [0.25, 0.3) is 0 Å². The Labute approximate surface area is 189 Å². The molecule has 31 heavy (non-hydrogen) atoms. The second kappa shape index (κ2) is 11.4. The summed E-state index contributed by atoms with van der Waals surface area (Å²) in [6.45, 7) is 8.66. The number of benzene rings is 2. The number of aromatic nitrogens is 2. The van der Waals surface area contributed by atoms with Gasteiger partial charge in [0.2, 0.25) is 0 Å². The molecule has 0 spiro atoms. The molecule has 0 unspecified atom stereocenters. The molecule has 2 aromatic carbocycles. The first-order valence-corrected chi connectivity index (χ1v) is 11.0. The molecule has 0 aliphatic rings. The number of ether oxygens (including phenoxy) is 2. The quantitative estimate of drug-likeness (QED) is 0.452. The van der Waals surface area contributed by atoms with Gasteiger partial charge in [0.25, 0.3) is 0 Å². The molecule has 1 aromatic heterocycles. The highest BCUT2D eigenvalue weighted by atomic mass is 32.1. The highest BCUT2D eigenvalue weighted by Crippen LogP contribution is 2.28. The average Bonchev–Trinajstić information content (AvgIpc) is 3.18. The van der Waals surface area contributed by atoms with Crippen molar-refractivity contribution in [3.63, 3.8) is 0 Å². The van der Waals surface area contributed by atoms with Crippen molar-refractivity contribution < 1.29 is 9.47 Å². The van der Waals surface area contributed by atoms with Crippen LogP contribution in [0.4, 0.5) is 5.82 Å². The third kappa shape index (κ3) is 7.00. The maximum atomic E-state index is 5.69. The lowest BCUT2D eigenvalue weighted by Crippen LogP contribution is -2.30. The van der Waals surface area contributed by atoms with E-state index in [1.807, 2.05) is 42.9 Å². The fraction of sp³-hybridized carbons (Fsp3) is 0.333. The van der Waals surface area contributed by atoms with Crippen molar-refractivity contribution in [3.8, 4) is 11.5 Å². The van der Waals surface area contributed by atoms with Gasteiger partial charge in [-0.15, -0.1) is 0 Å². The van der Waals surface area contributed by atoms with E-state index in [1.54, 1.807) is 0 Å². The van der Waals surface area contributed by atoms with Gasteiger partial charge in [0.05, 0.1) is 19.8 Å². The second-order valence-electron chi connectivity index (χ2n) is 7.16. The number of rotatable bonds is 10. The van der Waals surface area contributed by atoms with E-state index in [0.717, 1.165) is 35.8 Å². The summed E-state index contributed by atoms with van der Waals surface area (Å²) in [6, 6.07) is 16.4. The number of nitrogens with one attached hydrogen (secondary N) is 2. The lowest BCUT2D eigenvalue weighted by Gasteiger charge is -2.13. The molecule has 0 saturated heterocycles. The molecule has 3 aromatic rings. The van der Waals surface area contributed by atoms with Crippen LogP contribution < -0.4 is 20.1 Å². The van der Waals surface area contributed by atoms with E-state index < -0.39 is 0 Å². The zero-order valence-corrected chi connectivity index (χ0v) is 19.2. The summed E-state index contributed by atoms with van der Waals surface area (Å²) < 4.78 is 13.2. The van der Waals surface area contributed by atoms with Gasteiger partial charge in [0.1, 0.15) is 0 Å². The molecule has 2 N–H and O–H groups in total. The van der Waals surface area contributed by atoms with Gasteiger partial charge in [-0.1, -0.05) is 35.9 Å². The van der Waals surface area contributed by atoms with Crippen molar-refractivity contribution in [2.45, 2.75) is 33.7 Å². The highest BCUT2D eigenvalue weighted by Gasteiger charge is 2.07. The van der Waals surface area contributed by atoms with E-state index >= 15 is 0 Å². The fourth-order valence-electron chi connectivity index (χ4n) is 3.13. The first-order chi connectivity index (χ1) is 15.1. The van der Waals surface area contributed by atoms with Crippen LogP contribution >= 0.6 is 12.2 Å². The van der Waals surface area contributed by atoms with Crippen LogP contribution in [0.15, 0.2) is 54.7 Å². The van der Waals surface area contributed by atoms with Crippen LogP contribution in [0.1, 0.15) is 30.5 Å². The van der Waals surface area contributed by atoms with E-state index in [2.05, 4.69) is 53.0 Å². The molecule has 7 heteroatoms. The Kier molecular flexibility index (Phi) is 8.29. The van der Waals surface area contributed by atoms with Crippen LogP contribution in [0.2, 0.25) is 0 Å². The van der Waals surface area contributed by atoms with E-state index in [4.69, 9.17) is 21.7 Å². The van der Waals surface area contributed by atoms with Crippen molar-refractivity contribution >= 4 is 23.1 Å². The van der Waals surface area contributed by atoms with Gasteiger partial charge in [-0.05, 0) is 62.7 Å². The molecule has 1 heterocycles. The molecular formula is C24H30N4O2S. The average molecular weight is 439 g/mol. The van der Waals surface area contributed by atoms with Crippen molar-refractivity contribution in [2.24, 2.45) is 0 Å². The number of thiocarbonyl (C=S) groups is 1. The summed E-state index contributed by atoms with van der Waals surface area (Å²) in [5, 5.41) is 11.5. The van der Waals surface area contributed by atoms with Gasteiger partial charge in [0.15, 0.2) is 22.4 Å². The molecular weight excluding hydrogens is 408 g/mol. The lowest BCUT2D eigenvalue weighted by atomic mass is 10.1.